The van der Waals surface area contributed by atoms with Gasteiger partial charge in [0.05, 0.1) is 18.3 Å². The van der Waals surface area contributed by atoms with Crippen LogP contribution in [-0.2, 0) is 16.0 Å². The Bertz CT molecular complexity index is 934. The second kappa shape index (κ2) is 9.57. The van der Waals surface area contributed by atoms with Gasteiger partial charge in [0.25, 0.3) is 5.91 Å². The van der Waals surface area contributed by atoms with E-state index in [0.717, 1.165) is 4.88 Å². The Balaban J connectivity index is 1.72. The predicted molar refractivity (Wildman–Crippen MR) is 107 cm³/mol. The third-order valence-electron chi connectivity index (χ3n) is 4.59. The normalized spacial score (nSPS) is 21.9. The van der Waals surface area contributed by atoms with Gasteiger partial charge in [-0.25, -0.2) is 4.98 Å². The molecule has 0 saturated heterocycles. The minimum atomic E-state index is -1.32. The Morgan fingerprint density at radius 1 is 1.27 bits per heavy atom. The minimum absolute atomic E-state index is 0.0221. The number of aromatic nitrogens is 2. The van der Waals surface area contributed by atoms with Gasteiger partial charge < -0.3 is 26.6 Å². The third kappa shape index (κ3) is 5.26. The molecular weight excluding hydrogens is 410 g/mol. The van der Waals surface area contributed by atoms with Crippen molar-refractivity contribution in [2.75, 3.05) is 0 Å². The van der Waals surface area contributed by atoms with E-state index in [4.69, 9.17) is 5.73 Å². The summed E-state index contributed by atoms with van der Waals surface area (Å²) in [5, 5.41) is 27.3. The molecule has 0 unspecified atom stereocenters. The number of thiophene rings is 1. The van der Waals surface area contributed by atoms with Crippen molar-refractivity contribution < 1.29 is 24.6 Å². The van der Waals surface area contributed by atoms with Crippen LogP contribution >= 0.6 is 11.3 Å². The molecule has 0 aromatic carbocycles. The van der Waals surface area contributed by atoms with Crippen LogP contribution in [-0.4, -0.2) is 62.2 Å². The number of nitrogens with two attached hydrogens (primary N) is 1. The zero-order valence-electron chi connectivity index (χ0n) is 15.8. The van der Waals surface area contributed by atoms with Gasteiger partial charge in [-0.15, -0.1) is 11.3 Å². The van der Waals surface area contributed by atoms with Crippen molar-refractivity contribution in [1.29, 1.82) is 0 Å². The molecule has 2 aromatic rings. The smallest absolute Gasteiger partial charge is 0.272 e. The standard InChI is InChI=1S/C19H21N5O5S/c20-17(27)13(8-11-2-1-5-30-11)24-18(28)10-6-12(16(26)15(25)7-10)23-19(29)14-9-21-3-4-22-14/h1-6,9,12-13,15-16,25-26H,7-8H2,(H2,20,27)(H,23,29)(H,24,28)/t12-,13+,15-,16-/m1/s1. The average Bonchev–Trinajstić information content (AvgIpc) is 3.24. The fourth-order valence-electron chi connectivity index (χ4n) is 3.01. The van der Waals surface area contributed by atoms with Crippen LogP contribution in [0.3, 0.4) is 0 Å². The van der Waals surface area contributed by atoms with Crippen LogP contribution in [0.2, 0.25) is 0 Å². The third-order valence-corrected chi connectivity index (χ3v) is 5.49. The Kier molecular flexibility index (Phi) is 6.87. The van der Waals surface area contributed by atoms with E-state index in [0.29, 0.717) is 0 Å². The van der Waals surface area contributed by atoms with Crippen LogP contribution in [0, 0.1) is 0 Å². The van der Waals surface area contributed by atoms with Gasteiger partial charge in [-0.1, -0.05) is 12.1 Å². The molecule has 6 N–H and O–H groups in total. The zero-order valence-corrected chi connectivity index (χ0v) is 16.6. The quantitative estimate of drug-likeness (QED) is 0.371. The molecule has 1 aliphatic rings. The Labute approximate surface area is 175 Å². The fraction of sp³-hybridized carbons (Fsp3) is 0.316. The molecule has 0 saturated carbocycles. The van der Waals surface area contributed by atoms with Crippen molar-refractivity contribution in [1.82, 2.24) is 20.6 Å². The fourth-order valence-corrected chi connectivity index (χ4v) is 3.76. The van der Waals surface area contributed by atoms with Crippen LogP contribution in [0.4, 0.5) is 0 Å². The van der Waals surface area contributed by atoms with Gasteiger partial charge in [0.15, 0.2) is 0 Å². The molecule has 0 fully saturated rings. The summed E-state index contributed by atoms with van der Waals surface area (Å²) in [5.74, 6) is -1.92. The van der Waals surface area contributed by atoms with E-state index in [2.05, 4.69) is 20.6 Å². The summed E-state index contributed by atoms with van der Waals surface area (Å²) in [6.45, 7) is 0. The summed E-state index contributed by atoms with van der Waals surface area (Å²) in [6, 6.07) is 1.68. The Morgan fingerprint density at radius 3 is 2.70 bits per heavy atom. The van der Waals surface area contributed by atoms with E-state index in [9.17, 15) is 24.6 Å². The number of hydrogen-bond donors (Lipinski definition) is 5. The number of aliphatic hydroxyl groups excluding tert-OH is 2. The van der Waals surface area contributed by atoms with Crippen LogP contribution in [0.5, 0.6) is 0 Å². The lowest BCUT2D eigenvalue weighted by atomic mass is 9.89. The molecule has 3 rings (SSSR count). The number of amides is 3. The molecule has 2 heterocycles. The summed E-state index contributed by atoms with van der Waals surface area (Å²) in [4.78, 5) is 45.3. The highest BCUT2D eigenvalue weighted by Crippen LogP contribution is 2.21. The molecule has 4 atom stereocenters. The predicted octanol–water partition coefficient (Wildman–Crippen LogP) is -1.10. The molecule has 11 heteroatoms. The van der Waals surface area contributed by atoms with Gasteiger partial charge in [0.2, 0.25) is 11.8 Å². The van der Waals surface area contributed by atoms with Crippen LogP contribution in [0.1, 0.15) is 21.8 Å². The summed E-state index contributed by atoms with van der Waals surface area (Å²) in [7, 11) is 0. The lowest BCUT2D eigenvalue weighted by Crippen LogP contribution is -2.52. The topological polar surface area (TPSA) is 168 Å². The number of nitrogens with zero attached hydrogens (tertiary/aromatic N) is 2. The number of hydrogen-bond acceptors (Lipinski definition) is 8. The van der Waals surface area contributed by atoms with Gasteiger partial charge in [0.1, 0.15) is 17.8 Å². The maximum Gasteiger partial charge on any atom is 0.272 e. The van der Waals surface area contributed by atoms with Crippen molar-refractivity contribution in [2.45, 2.75) is 37.1 Å². The first-order valence-electron chi connectivity index (χ1n) is 9.11. The summed E-state index contributed by atoms with van der Waals surface area (Å²) >= 11 is 1.43. The van der Waals surface area contributed by atoms with Crippen LogP contribution in [0.25, 0.3) is 0 Å². The van der Waals surface area contributed by atoms with Crippen molar-refractivity contribution >= 4 is 29.1 Å². The number of aliphatic hydroxyl groups is 2. The number of carbonyl (C=O) groups is 3. The second-order valence-electron chi connectivity index (χ2n) is 6.76. The highest BCUT2D eigenvalue weighted by molar-refractivity contribution is 7.09. The highest BCUT2D eigenvalue weighted by Gasteiger charge is 2.34. The monoisotopic (exact) mass is 431 g/mol. The summed E-state index contributed by atoms with van der Waals surface area (Å²) in [5.41, 5.74) is 5.55. The van der Waals surface area contributed by atoms with Gasteiger partial charge in [-0.2, -0.15) is 0 Å². The van der Waals surface area contributed by atoms with Gasteiger partial charge in [-0.05, 0) is 11.4 Å². The first kappa shape index (κ1) is 21.6. The van der Waals surface area contributed by atoms with Crippen molar-refractivity contribution in [3.8, 4) is 0 Å². The molecule has 0 spiro atoms. The van der Waals surface area contributed by atoms with Crippen molar-refractivity contribution in [3.05, 3.63) is 58.3 Å². The lowest BCUT2D eigenvalue weighted by Gasteiger charge is -2.31. The Hall–Kier alpha value is -3.15. The molecule has 3 amide bonds. The lowest BCUT2D eigenvalue weighted by molar-refractivity contribution is -0.125. The number of carbonyl (C=O) groups excluding carboxylic acids is 3. The van der Waals surface area contributed by atoms with E-state index < -0.39 is 42.0 Å². The molecule has 1 aliphatic carbocycles. The molecule has 2 aromatic heterocycles. The van der Waals surface area contributed by atoms with E-state index >= 15 is 0 Å². The van der Waals surface area contributed by atoms with Crippen molar-refractivity contribution in [2.24, 2.45) is 5.73 Å². The van der Waals surface area contributed by atoms with Gasteiger partial charge in [-0.3, -0.25) is 19.4 Å². The largest absolute Gasteiger partial charge is 0.390 e. The van der Waals surface area contributed by atoms with Crippen LogP contribution < -0.4 is 16.4 Å². The van der Waals surface area contributed by atoms with Crippen LogP contribution in [0.15, 0.2) is 47.8 Å². The van der Waals surface area contributed by atoms with Crippen molar-refractivity contribution in [3.63, 3.8) is 0 Å². The van der Waals surface area contributed by atoms with E-state index in [1.807, 2.05) is 17.5 Å². The minimum Gasteiger partial charge on any atom is -0.390 e. The number of rotatable bonds is 7. The zero-order chi connectivity index (χ0) is 21.7. The molecule has 158 valence electrons. The Morgan fingerprint density at radius 2 is 2.07 bits per heavy atom. The molecule has 0 radical (unpaired) electrons. The molecule has 0 bridgehead atoms. The number of nitrogens with one attached hydrogen (secondary N) is 2. The van der Waals surface area contributed by atoms with Gasteiger partial charge >= 0.3 is 0 Å². The first-order chi connectivity index (χ1) is 14.3. The van der Waals surface area contributed by atoms with E-state index in [1.54, 1.807) is 0 Å². The average molecular weight is 431 g/mol. The van der Waals surface area contributed by atoms with E-state index in [1.165, 1.54) is 36.0 Å². The first-order valence-corrected chi connectivity index (χ1v) is 9.99. The summed E-state index contributed by atoms with van der Waals surface area (Å²) in [6.07, 6.45) is 2.84. The van der Waals surface area contributed by atoms with E-state index in [-0.39, 0.29) is 24.1 Å². The molecule has 0 aliphatic heterocycles. The maximum absolute atomic E-state index is 12.7. The second-order valence-corrected chi connectivity index (χ2v) is 7.79. The summed E-state index contributed by atoms with van der Waals surface area (Å²) < 4.78 is 0. The SMILES string of the molecule is NC(=O)[C@H](Cc1cccs1)NC(=O)C1=C[C@@H](NC(=O)c2cnccn2)[C@@H](O)[C@H](O)C1. The molecule has 10 nitrogen and oxygen atoms in total. The number of primary amides is 1. The molecule has 30 heavy (non-hydrogen) atoms. The maximum atomic E-state index is 12.7. The molecular formula is C19H21N5O5S. The van der Waals surface area contributed by atoms with Gasteiger partial charge in [0, 0.05) is 35.7 Å². The highest BCUT2D eigenvalue weighted by atomic mass is 32.1.